The predicted molar refractivity (Wildman–Crippen MR) is 101 cm³/mol. The van der Waals surface area contributed by atoms with Crippen LogP contribution in [0.2, 0.25) is 0 Å². The first-order valence-corrected chi connectivity index (χ1v) is 9.08. The summed E-state index contributed by atoms with van der Waals surface area (Å²) in [4.78, 5) is 16.5. The minimum atomic E-state index is -0.309. The van der Waals surface area contributed by atoms with Crippen LogP contribution in [0.1, 0.15) is 40.4 Å². The predicted octanol–water partition coefficient (Wildman–Crippen LogP) is 3.34. The summed E-state index contributed by atoms with van der Waals surface area (Å²) >= 11 is 0. The number of methoxy groups -OCH3 is 1. The standard InChI is InChI=1S/C21H23N3O2/c1-26-21(25)18-4-2-15(3-5-18)14-24-13-10-17-6-7-19(23-20(17)24)16-8-11-22-12-9-16/h2-7,10,13,16,22H,8-9,11-12,14H2,1H3. The zero-order valence-corrected chi connectivity index (χ0v) is 14.9. The van der Waals surface area contributed by atoms with Gasteiger partial charge in [0, 0.05) is 29.7 Å². The summed E-state index contributed by atoms with van der Waals surface area (Å²) in [7, 11) is 1.40. The van der Waals surface area contributed by atoms with Gasteiger partial charge in [0.25, 0.3) is 0 Å². The van der Waals surface area contributed by atoms with Crippen LogP contribution in [0.5, 0.6) is 0 Å². The molecule has 1 fully saturated rings. The number of hydrogen-bond acceptors (Lipinski definition) is 4. The van der Waals surface area contributed by atoms with Gasteiger partial charge in [0.2, 0.25) is 0 Å². The Balaban J connectivity index is 1.59. The summed E-state index contributed by atoms with van der Waals surface area (Å²) < 4.78 is 6.93. The van der Waals surface area contributed by atoms with Crippen LogP contribution < -0.4 is 5.32 Å². The molecule has 0 spiro atoms. The first-order chi connectivity index (χ1) is 12.7. The maximum absolute atomic E-state index is 11.6. The van der Waals surface area contributed by atoms with Crippen molar-refractivity contribution in [2.75, 3.05) is 20.2 Å². The van der Waals surface area contributed by atoms with Gasteiger partial charge >= 0.3 is 5.97 Å². The highest BCUT2D eigenvalue weighted by atomic mass is 16.5. The number of hydrogen-bond donors (Lipinski definition) is 1. The highest BCUT2D eigenvalue weighted by molar-refractivity contribution is 5.89. The SMILES string of the molecule is COC(=O)c1ccc(Cn2ccc3ccc(C4CCNCC4)nc32)cc1. The zero-order valence-electron chi connectivity index (χ0n) is 14.9. The first kappa shape index (κ1) is 16.8. The van der Waals surface area contributed by atoms with Gasteiger partial charge in [-0.1, -0.05) is 12.1 Å². The number of piperidine rings is 1. The molecule has 3 heterocycles. The second-order valence-corrected chi connectivity index (χ2v) is 6.81. The molecule has 134 valence electrons. The Bertz CT molecular complexity index is 909. The maximum Gasteiger partial charge on any atom is 0.337 e. The molecule has 0 amide bonds. The van der Waals surface area contributed by atoms with Gasteiger partial charge in [-0.25, -0.2) is 9.78 Å². The number of esters is 1. The monoisotopic (exact) mass is 349 g/mol. The van der Waals surface area contributed by atoms with E-state index >= 15 is 0 Å². The van der Waals surface area contributed by atoms with E-state index in [0.717, 1.165) is 49.1 Å². The molecule has 0 saturated carbocycles. The molecule has 0 atom stereocenters. The largest absolute Gasteiger partial charge is 0.465 e. The topological polar surface area (TPSA) is 56.1 Å². The molecule has 26 heavy (non-hydrogen) atoms. The number of benzene rings is 1. The molecular weight excluding hydrogens is 326 g/mol. The molecule has 5 nitrogen and oxygen atoms in total. The summed E-state index contributed by atoms with van der Waals surface area (Å²) in [6.07, 6.45) is 4.38. The smallest absolute Gasteiger partial charge is 0.337 e. The Morgan fingerprint density at radius 2 is 1.92 bits per heavy atom. The van der Waals surface area contributed by atoms with E-state index in [1.165, 1.54) is 12.8 Å². The van der Waals surface area contributed by atoms with E-state index in [1.54, 1.807) is 12.1 Å². The highest BCUT2D eigenvalue weighted by Crippen LogP contribution is 2.26. The Hall–Kier alpha value is -2.66. The van der Waals surface area contributed by atoms with Crippen molar-refractivity contribution in [1.82, 2.24) is 14.9 Å². The quantitative estimate of drug-likeness (QED) is 0.734. The van der Waals surface area contributed by atoms with Crippen molar-refractivity contribution in [2.24, 2.45) is 0 Å². The summed E-state index contributed by atoms with van der Waals surface area (Å²) in [6.45, 7) is 2.86. The maximum atomic E-state index is 11.6. The molecule has 0 bridgehead atoms. The molecule has 0 unspecified atom stereocenters. The fourth-order valence-corrected chi connectivity index (χ4v) is 3.61. The van der Waals surface area contributed by atoms with Crippen molar-refractivity contribution in [2.45, 2.75) is 25.3 Å². The van der Waals surface area contributed by atoms with E-state index in [4.69, 9.17) is 9.72 Å². The van der Waals surface area contributed by atoms with Crippen molar-refractivity contribution in [3.63, 3.8) is 0 Å². The number of ether oxygens (including phenoxy) is 1. The van der Waals surface area contributed by atoms with Crippen LogP contribution in [-0.2, 0) is 11.3 Å². The van der Waals surface area contributed by atoms with Crippen molar-refractivity contribution in [3.8, 4) is 0 Å². The molecule has 3 aromatic rings. The number of fused-ring (bicyclic) bond motifs is 1. The molecule has 4 rings (SSSR count). The van der Waals surface area contributed by atoms with Crippen molar-refractivity contribution < 1.29 is 9.53 Å². The lowest BCUT2D eigenvalue weighted by Gasteiger charge is -2.22. The molecule has 2 aromatic heterocycles. The van der Waals surface area contributed by atoms with Gasteiger partial charge in [-0.05, 0) is 61.8 Å². The first-order valence-electron chi connectivity index (χ1n) is 9.08. The number of carbonyl (C=O) groups is 1. The minimum Gasteiger partial charge on any atom is -0.465 e. The second kappa shape index (κ2) is 7.30. The van der Waals surface area contributed by atoms with Crippen LogP contribution in [-0.4, -0.2) is 35.7 Å². The van der Waals surface area contributed by atoms with E-state index in [-0.39, 0.29) is 5.97 Å². The van der Waals surface area contributed by atoms with Crippen LogP contribution in [0.25, 0.3) is 11.0 Å². The lowest BCUT2D eigenvalue weighted by atomic mass is 9.94. The number of carbonyl (C=O) groups excluding carboxylic acids is 1. The summed E-state index contributed by atoms with van der Waals surface area (Å²) in [6, 6.07) is 14.0. The molecule has 1 saturated heterocycles. The Morgan fingerprint density at radius 1 is 1.15 bits per heavy atom. The Morgan fingerprint density at radius 3 is 2.65 bits per heavy atom. The van der Waals surface area contributed by atoms with Gasteiger partial charge in [-0.3, -0.25) is 0 Å². The van der Waals surface area contributed by atoms with E-state index in [2.05, 4.69) is 34.3 Å². The van der Waals surface area contributed by atoms with E-state index < -0.39 is 0 Å². The fourth-order valence-electron chi connectivity index (χ4n) is 3.61. The number of rotatable bonds is 4. The van der Waals surface area contributed by atoms with Crippen LogP contribution >= 0.6 is 0 Å². The third-order valence-corrected chi connectivity index (χ3v) is 5.12. The van der Waals surface area contributed by atoms with Gasteiger partial charge in [-0.15, -0.1) is 0 Å². The summed E-state index contributed by atoms with van der Waals surface area (Å²) in [5.74, 6) is 0.236. The molecule has 1 aliphatic rings. The average Bonchev–Trinajstić information content (AvgIpc) is 3.10. The molecule has 1 aromatic carbocycles. The number of nitrogens with zero attached hydrogens (tertiary/aromatic N) is 2. The van der Waals surface area contributed by atoms with Crippen LogP contribution in [0.4, 0.5) is 0 Å². The van der Waals surface area contributed by atoms with Gasteiger partial charge in [-0.2, -0.15) is 0 Å². The van der Waals surface area contributed by atoms with Crippen LogP contribution in [0.15, 0.2) is 48.7 Å². The summed E-state index contributed by atoms with van der Waals surface area (Å²) in [5.41, 5.74) is 3.92. The third-order valence-electron chi connectivity index (χ3n) is 5.12. The fraction of sp³-hybridized carbons (Fsp3) is 0.333. The Labute approximate surface area is 153 Å². The molecule has 0 radical (unpaired) electrons. The Kier molecular flexibility index (Phi) is 4.71. The van der Waals surface area contributed by atoms with Gasteiger partial charge in [0.15, 0.2) is 0 Å². The number of pyridine rings is 1. The van der Waals surface area contributed by atoms with E-state index in [1.807, 2.05) is 12.1 Å². The highest BCUT2D eigenvalue weighted by Gasteiger charge is 2.17. The molecular formula is C21H23N3O2. The van der Waals surface area contributed by atoms with Crippen molar-refractivity contribution in [3.05, 3.63) is 65.5 Å². The summed E-state index contributed by atoms with van der Waals surface area (Å²) in [5, 5.41) is 4.57. The van der Waals surface area contributed by atoms with E-state index in [0.29, 0.717) is 11.5 Å². The van der Waals surface area contributed by atoms with Crippen molar-refractivity contribution in [1.29, 1.82) is 0 Å². The second-order valence-electron chi connectivity index (χ2n) is 6.81. The van der Waals surface area contributed by atoms with Gasteiger partial charge in [0.1, 0.15) is 5.65 Å². The van der Waals surface area contributed by atoms with Crippen LogP contribution in [0.3, 0.4) is 0 Å². The number of aromatic nitrogens is 2. The number of nitrogens with one attached hydrogen (secondary N) is 1. The van der Waals surface area contributed by atoms with E-state index in [9.17, 15) is 4.79 Å². The van der Waals surface area contributed by atoms with Gasteiger partial charge in [0.05, 0.1) is 12.7 Å². The third kappa shape index (κ3) is 3.35. The molecule has 0 aliphatic carbocycles. The normalized spacial score (nSPS) is 15.3. The van der Waals surface area contributed by atoms with Crippen LogP contribution in [0, 0.1) is 0 Å². The zero-order chi connectivity index (χ0) is 17.9. The minimum absolute atomic E-state index is 0.309. The molecule has 5 heteroatoms. The lowest BCUT2D eigenvalue weighted by Crippen LogP contribution is -2.27. The average molecular weight is 349 g/mol. The lowest BCUT2D eigenvalue weighted by molar-refractivity contribution is 0.0600. The van der Waals surface area contributed by atoms with Gasteiger partial charge < -0.3 is 14.6 Å². The van der Waals surface area contributed by atoms with Crippen molar-refractivity contribution >= 4 is 17.0 Å². The molecule has 1 aliphatic heterocycles. The molecule has 1 N–H and O–H groups in total.